The number of hydrogen-bond acceptors (Lipinski definition) is 5. The molecule has 3 aromatic heterocycles. The summed E-state index contributed by atoms with van der Waals surface area (Å²) in [6.07, 6.45) is 4.81. The number of hydrogen-bond donors (Lipinski definition) is 1. The van der Waals surface area contributed by atoms with E-state index in [1.807, 2.05) is 18.2 Å². The molecule has 7 nitrogen and oxygen atoms in total. The second-order valence-electron chi connectivity index (χ2n) is 6.02. The first-order valence-electron chi connectivity index (χ1n) is 8.03. The molecule has 0 radical (unpaired) electrons. The molecule has 1 N–H and O–H groups in total. The number of nitriles is 1. The number of halogens is 1. The molecule has 4 heterocycles. The molecule has 1 aliphatic heterocycles. The summed E-state index contributed by atoms with van der Waals surface area (Å²) in [5.74, 6) is 0.760. The first-order chi connectivity index (χ1) is 12.2. The van der Waals surface area contributed by atoms with Gasteiger partial charge in [0.1, 0.15) is 11.9 Å². The van der Waals surface area contributed by atoms with Crippen LogP contribution >= 0.6 is 11.6 Å². The van der Waals surface area contributed by atoms with Crippen LogP contribution in [-0.2, 0) is 0 Å². The van der Waals surface area contributed by atoms with E-state index in [9.17, 15) is 4.79 Å². The van der Waals surface area contributed by atoms with Crippen molar-refractivity contribution >= 4 is 28.6 Å². The van der Waals surface area contributed by atoms with Crippen molar-refractivity contribution in [1.82, 2.24) is 19.5 Å². The number of rotatable bonds is 2. The topological polar surface area (TPSA) is 90.6 Å². The van der Waals surface area contributed by atoms with Gasteiger partial charge in [0.15, 0.2) is 5.65 Å². The highest BCUT2D eigenvalue weighted by atomic mass is 35.5. The normalized spacial score (nSPS) is 15.4. The van der Waals surface area contributed by atoms with E-state index in [0.717, 1.165) is 37.3 Å². The van der Waals surface area contributed by atoms with Crippen molar-refractivity contribution in [2.24, 2.45) is 0 Å². The number of nitrogens with zero attached hydrogens (tertiary/aromatic N) is 5. The van der Waals surface area contributed by atoms with Crippen LogP contribution in [0.4, 0.5) is 5.82 Å². The van der Waals surface area contributed by atoms with Crippen LogP contribution in [0, 0.1) is 11.3 Å². The van der Waals surface area contributed by atoms with Crippen LogP contribution in [0.2, 0.25) is 5.02 Å². The Morgan fingerprint density at radius 1 is 1.32 bits per heavy atom. The molecule has 25 heavy (non-hydrogen) atoms. The smallest absolute Gasteiger partial charge is 0.327 e. The van der Waals surface area contributed by atoms with Gasteiger partial charge in [-0.15, -0.1) is 0 Å². The lowest BCUT2D eigenvalue weighted by Gasteiger charge is -2.33. The second kappa shape index (κ2) is 6.22. The van der Waals surface area contributed by atoms with Gasteiger partial charge in [0.25, 0.3) is 0 Å². The van der Waals surface area contributed by atoms with Gasteiger partial charge in [-0.05, 0) is 25.0 Å². The molecule has 0 aliphatic carbocycles. The molecule has 8 heteroatoms. The van der Waals surface area contributed by atoms with Crippen LogP contribution < -0.4 is 10.6 Å². The second-order valence-corrected chi connectivity index (χ2v) is 6.43. The van der Waals surface area contributed by atoms with E-state index in [4.69, 9.17) is 16.9 Å². The molecule has 0 bridgehead atoms. The van der Waals surface area contributed by atoms with E-state index >= 15 is 0 Å². The molecule has 0 spiro atoms. The standard InChI is InChI=1S/C17H15ClN6O/c18-13-8-15(21-10-11(13)9-19)23-6-3-12(4-7-23)24-14-2-1-5-20-16(14)22-17(24)25/h1-2,5,8,10,12H,3-4,6-7H2,(H,20,22,25). The molecule has 0 amide bonds. The minimum absolute atomic E-state index is 0.119. The number of imidazole rings is 1. The summed E-state index contributed by atoms with van der Waals surface area (Å²) < 4.78 is 1.80. The van der Waals surface area contributed by atoms with E-state index in [-0.39, 0.29) is 11.7 Å². The van der Waals surface area contributed by atoms with Gasteiger partial charge >= 0.3 is 5.69 Å². The van der Waals surface area contributed by atoms with Crippen LogP contribution in [-0.4, -0.2) is 32.6 Å². The molecule has 0 saturated carbocycles. The van der Waals surface area contributed by atoms with Crippen molar-refractivity contribution in [3.63, 3.8) is 0 Å². The fourth-order valence-electron chi connectivity index (χ4n) is 3.35. The highest BCUT2D eigenvalue weighted by Gasteiger charge is 2.24. The lowest BCUT2D eigenvalue weighted by atomic mass is 10.0. The first-order valence-corrected chi connectivity index (χ1v) is 8.41. The Balaban J connectivity index is 1.55. The molecule has 1 saturated heterocycles. The number of nitrogens with one attached hydrogen (secondary N) is 1. The van der Waals surface area contributed by atoms with Crippen molar-refractivity contribution in [3.8, 4) is 6.07 Å². The third-order valence-corrected chi connectivity index (χ3v) is 4.92. The maximum atomic E-state index is 12.3. The molecule has 0 unspecified atom stereocenters. The lowest BCUT2D eigenvalue weighted by molar-refractivity contribution is 0.395. The van der Waals surface area contributed by atoms with E-state index < -0.39 is 0 Å². The third kappa shape index (κ3) is 2.75. The van der Waals surface area contributed by atoms with Crippen LogP contribution in [0.25, 0.3) is 11.2 Å². The third-order valence-electron chi connectivity index (χ3n) is 4.60. The summed E-state index contributed by atoms with van der Waals surface area (Å²) in [4.78, 5) is 25.8. The number of aromatic amines is 1. The Hall–Kier alpha value is -2.85. The molecular formula is C17H15ClN6O. The Bertz CT molecular complexity index is 1030. The van der Waals surface area contributed by atoms with Gasteiger partial charge in [-0.3, -0.25) is 9.55 Å². The van der Waals surface area contributed by atoms with E-state index in [2.05, 4.69) is 19.9 Å². The summed E-state index contributed by atoms with van der Waals surface area (Å²) in [5, 5.41) is 9.35. The minimum Gasteiger partial charge on any atom is -0.356 e. The number of fused-ring (bicyclic) bond motifs is 1. The van der Waals surface area contributed by atoms with E-state index in [1.165, 1.54) is 6.20 Å². The van der Waals surface area contributed by atoms with Gasteiger partial charge < -0.3 is 4.90 Å². The number of H-pyrrole nitrogens is 1. The number of pyridine rings is 2. The Morgan fingerprint density at radius 3 is 2.84 bits per heavy atom. The summed E-state index contributed by atoms with van der Waals surface area (Å²) >= 11 is 6.10. The average molecular weight is 355 g/mol. The van der Waals surface area contributed by atoms with E-state index in [1.54, 1.807) is 16.8 Å². The van der Waals surface area contributed by atoms with E-state index in [0.29, 0.717) is 16.2 Å². The Kier molecular flexibility index (Phi) is 3.90. The Morgan fingerprint density at radius 2 is 2.12 bits per heavy atom. The molecule has 3 aromatic rings. The molecule has 1 aliphatic rings. The fourth-order valence-corrected chi connectivity index (χ4v) is 3.54. The van der Waals surface area contributed by atoms with Gasteiger partial charge in [0, 0.05) is 37.6 Å². The monoisotopic (exact) mass is 354 g/mol. The van der Waals surface area contributed by atoms with Crippen LogP contribution in [0.15, 0.2) is 35.4 Å². The largest absolute Gasteiger partial charge is 0.356 e. The highest BCUT2D eigenvalue weighted by Crippen LogP contribution is 2.28. The zero-order valence-electron chi connectivity index (χ0n) is 13.3. The molecule has 1 fully saturated rings. The van der Waals surface area contributed by atoms with Crippen molar-refractivity contribution in [3.05, 3.63) is 51.7 Å². The zero-order valence-corrected chi connectivity index (χ0v) is 14.1. The summed E-state index contributed by atoms with van der Waals surface area (Å²) in [5.41, 5.74) is 1.71. The van der Waals surface area contributed by atoms with Gasteiger partial charge in [-0.2, -0.15) is 5.26 Å². The molecule has 4 rings (SSSR count). The predicted molar refractivity (Wildman–Crippen MR) is 94.8 cm³/mol. The molecular weight excluding hydrogens is 340 g/mol. The maximum absolute atomic E-state index is 12.3. The molecule has 126 valence electrons. The fraction of sp³-hybridized carbons (Fsp3) is 0.294. The quantitative estimate of drug-likeness (QED) is 0.763. The van der Waals surface area contributed by atoms with Crippen molar-refractivity contribution in [1.29, 1.82) is 5.26 Å². The number of aromatic nitrogens is 4. The lowest BCUT2D eigenvalue weighted by Crippen LogP contribution is -2.37. The first kappa shape index (κ1) is 15.7. The minimum atomic E-state index is -0.119. The maximum Gasteiger partial charge on any atom is 0.327 e. The van der Waals surface area contributed by atoms with Gasteiger partial charge in [0.05, 0.1) is 16.1 Å². The Labute approximate surface area is 148 Å². The van der Waals surface area contributed by atoms with Crippen molar-refractivity contribution in [2.75, 3.05) is 18.0 Å². The van der Waals surface area contributed by atoms with Crippen LogP contribution in [0.1, 0.15) is 24.4 Å². The summed E-state index contributed by atoms with van der Waals surface area (Å²) in [7, 11) is 0. The van der Waals surface area contributed by atoms with Crippen LogP contribution in [0.3, 0.4) is 0 Å². The van der Waals surface area contributed by atoms with Gasteiger partial charge in [-0.1, -0.05) is 11.6 Å². The molecule has 0 aromatic carbocycles. The summed E-state index contributed by atoms with van der Waals surface area (Å²) in [6.45, 7) is 1.53. The molecule has 0 atom stereocenters. The van der Waals surface area contributed by atoms with Gasteiger partial charge in [0.2, 0.25) is 0 Å². The van der Waals surface area contributed by atoms with Crippen LogP contribution in [0.5, 0.6) is 0 Å². The predicted octanol–water partition coefficient (Wildman–Crippen LogP) is 2.49. The average Bonchev–Trinajstić information content (AvgIpc) is 2.97. The van der Waals surface area contributed by atoms with Crippen molar-refractivity contribution in [2.45, 2.75) is 18.9 Å². The highest BCUT2D eigenvalue weighted by molar-refractivity contribution is 6.31. The SMILES string of the molecule is N#Cc1cnc(N2CCC(n3c(=O)[nH]c4ncccc43)CC2)cc1Cl. The number of piperidine rings is 1. The van der Waals surface area contributed by atoms with Crippen molar-refractivity contribution < 1.29 is 0 Å². The number of anilines is 1. The van der Waals surface area contributed by atoms with Gasteiger partial charge in [-0.25, -0.2) is 14.8 Å². The summed E-state index contributed by atoms with van der Waals surface area (Å²) in [6, 6.07) is 7.61. The zero-order chi connectivity index (χ0) is 17.4.